The SMILES string of the molecule is CC(C)(C)[C@H](N)C(=O)NCC1CCCC1NS(C)(=O)=O. The number of rotatable bonds is 5. The molecule has 1 aliphatic rings. The van der Waals surface area contributed by atoms with Crippen molar-refractivity contribution in [1.82, 2.24) is 10.0 Å². The summed E-state index contributed by atoms with van der Waals surface area (Å²) in [5.41, 5.74) is 5.60. The lowest BCUT2D eigenvalue weighted by Crippen LogP contribution is -2.50. The Balaban J connectivity index is 2.50. The van der Waals surface area contributed by atoms with Crippen LogP contribution >= 0.6 is 0 Å². The second kappa shape index (κ2) is 6.41. The summed E-state index contributed by atoms with van der Waals surface area (Å²) < 4.78 is 25.2. The van der Waals surface area contributed by atoms with Crippen LogP contribution < -0.4 is 15.8 Å². The van der Waals surface area contributed by atoms with Gasteiger partial charge in [-0.05, 0) is 24.2 Å². The molecule has 4 N–H and O–H groups in total. The number of carbonyl (C=O) groups excluding carboxylic acids is 1. The van der Waals surface area contributed by atoms with Gasteiger partial charge < -0.3 is 11.1 Å². The summed E-state index contributed by atoms with van der Waals surface area (Å²) in [5, 5.41) is 2.85. The highest BCUT2D eigenvalue weighted by Crippen LogP contribution is 2.25. The first-order valence-corrected chi connectivity index (χ1v) is 8.90. The van der Waals surface area contributed by atoms with Gasteiger partial charge in [0.05, 0.1) is 12.3 Å². The van der Waals surface area contributed by atoms with Crippen LogP contribution in [0.2, 0.25) is 0 Å². The summed E-state index contributed by atoms with van der Waals surface area (Å²) in [7, 11) is -3.21. The highest BCUT2D eigenvalue weighted by atomic mass is 32.2. The molecule has 3 atom stereocenters. The van der Waals surface area contributed by atoms with Crippen molar-refractivity contribution in [2.75, 3.05) is 12.8 Å². The fourth-order valence-electron chi connectivity index (χ4n) is 2.45. The molecule has 1 aliphatic carbocycles. The fraction of sp³-hybridized carbons (Fsp3) is 0.923. The van der Waals surface area contributed by atoms with E-state index in [1.807, 2.05) is 20.8 Å². The van der Waals surface area contributed by atoms with E-state index in [0.29, 0.717) is 6.54 Å². The molecule has 1 saturated carbocycles. The summed E-state index contributed by atoms with van der Waals surface area (Å²) in [5.74, 6) is -0.0386. The maximum atomic E-state index is 12.0. The maximum Gasteiger partial charge on any atom is 0.237 e. The van der Waals surface area contributed by atoms with E-state index >= 15 is 0 Å². The summed E-state index contributed by atoms with van der Waals surface area (Å²) in [4.78, 5) is 12.0. The summed E-state index contributed by atoms with van der Waals surface area (Å²) >= 11 is 0. The van der Waals surface area contributed by atoms with Crippen LogP contribution in [-0.4, -0.2) is 39.2 Å². The molecule has 1 amide bonds. The van der Waals surface area contributed by atoms with Crippen molar-refractivity contribution in [1.29, 1.82) is 0 Å². The lowest BCUT2D eigenvalue weighted by atomic mass is 9.87. The van der Waals surface area contributed by atoms with Crippen LogP contribution in [-0.2, 0) is 14.8 Å². The molecule has 0 spiro atoms. The highest BCUT2D eigenvalue weighted by molar-refractivity contribution is 7.88. The molecule has 2 unspecified atom stereocenters. The van der Waals surface area contributed by atoms with Gasteiger partial charge in [0, 0.05) is 12.6 Å². The third kappa shape index (κ3) is 5.38. The van der Waals surface area contributed by atoms with Crippen LogP contribution in [0.5, 0.6) is 0 Å². The van der Waals surface area contributed by atoms with Crippen molar-refractivity contribution in [2.45, 2.75) is 52.1 Å². The summed E-state index contributed by atoms with van der Waals surface area (Å²) in [6.45, 7) is 6.22. The Hall–Kier alpha value is -0.660. The topological polar surface area (TPSA) is 101 Å². The van der Waals surface area contributed by atoms with Gasteiger partial charge in [0.25, 0.3) is 0 Å². The van der Waals surface area contributed by atoms with Gasteiger partial charge >= 0.3 is 0 Å². The minimum atomic E-state index is -3.21. The molecule has 0 bridgehead atoms. The number of nitrogens with two attached hydrogens (primary N) is 1. The molecular weight excluding hydrogens is 278 g/mol. The minimum absolute atomic E-state index is 0.0869. The highest BCUT2D eigenvalue weighted by Gasteiger charge is 2.32. The van der Waals surface area contributed by atoms with Gasteiger partial charge in [-0.2, -0.15) is 0 Å². The zero-order valence-corrected chi connectivity index (χ0v) is 13.6. The van der Waals surface area contributed by atoms with E-state index in [9.17, 15) is 13.2 Å². The van der Waals surface area contributed by atoms with Crippen LogP contribution in [0.1, 0.15) is 40.0 Å². The zero-order chi connectivity index (χ0) is 15.6. The molecule has 0 radical (unpaired) electrons. The van der Waals surface area contributed by atoms with Crippen LogP contribution in [0.3, 0.4) is 0 Å². The molecule has 6 nitrogen and oxygen atoms in total. The Morgan fingerprint density at radius 2 is 1.95 bits per heavy atom. The number of nitrogens with one attached hydrogen (secondary N) is 2. The van der Waals surface area contributed by atoms with Crippen molar-refractivity contribution in [3.05, 3.63) is 0 Å². The van der Waals surface area contributed by atoms with Crippen LogP contribution in [0.25, 0.3) is 0 Å². The van der Waals surface area contributed by atoms with E-state index in [2.05, 4.69) is 10.0 Å². The first-order valence-electron chi connectivity index (χ1n) is 7.01. The second-order valence-corrected chi connectivity index (χ2v) is 8.56. The average molecular weight is 305 g/mol. The van der Waals surface area contributed by atoms with Crippen LogP contribution in [0, 0.1) is 11.3 Å². The van der Waals surface area contributed by atoms with Crippen molar-refractivity contribution in [3.63, 3.8) is 0 Å². The van der Waals surface area contributed by atoms with E-state index < -0.39 is 16.1 Å². The zero-order valence-electron chi connectivity index (χ0n) is 12.8. The van der Waals surface area contributed by atoms with E-state index in [1.54, 1.807) is 0 Å². The van der Waals surface area contributed by atoms with Gasteiger partial charge in [-0.15, -0.1) is 0 Å². The van der Waals surface area contributed by atoms with E-state index in [1.165, 1.54) is 0 Å². The van der Waals surface area contributed by atoms with E-state index in [-0.39, 0.29) is 23.3 Å². The molecule has 1 fully saturated rings. The predicted octanol–water partition coefficient (Wildman–Crippen LogP) is 0.194. The first-order chi connectivity index (χ1) is 9.00. The summed E-state index contributed by atoms with van der Waals surface area (Å²) in [6.07, 6.45) is 3.87. The third-order valence-corrected chi connectivity index (χ3v) is 4.51. The lowest BCUT2D eigenvalue weighted by Gasteiger charge is -2.27. The van der Waals surface area contributed by atoms with Gasteiger partial charge in [-0.25, -0.2) is 13.1 Å². The Morgan fingerprint density at radius 1 is 1.35 bits per heavy atom. The Bertz CT molecular complexity index is 442. The van der Waals surface area contributed by atoms with E-state index in [4.69, 9.17) is 5.73 Å². The fourth-order valence-corrected chi connectivity index (χ4v) is 3.31. The minimum Gasteiger partial charge on any atom is -0.354 e. The number of amides is 1. The van der Waals surface area contributed by atoms with Crippen LogP contribution in [0.15, 0.2) is 0 Å². The van der Waals surface area contributed by atoms with Crippen molar-refractivity contribution in [2.24, 2.45) is 17.1 Å². The molecule has 0 saturated heterocycles. The molecule has 0 aromatic heterocycles. The molecule has 7 heteroatoms. The number of carbonyl (C=O) groups is 1. The Kier molecular flexibility index (Phi) is 5.57. The molecule has 0 aromatic rings. The molecule has 0 aromatic carbocycles. The standard InChI is InChI=1S/C13H27N3O3S/c1-13(2,3)11(14)12(17)15-8-9-6-5-7-10(9)16-20(4,18)19/h9-11,16H,5-8,14H2,1-4H3,(H,15,17)/t9?,10?,11-/m1/s1. The van der Waals surface area contributed by atoms with Crippen LogP contribution in [0.4, 0.5) is 0 Å². The lowest BCUT2D eigenvalue weighted by molar-refractivity contribution is -0.124. The quantitative estimate of drug-likeness (QED) is 0.675. The monoisotopic (exact) mass is 305 g/mol. The van der Waals surface area contributed by atoms with E-state index in [0.717, 1.165) is 25.5 Å². The van der Waals surface area contributed by atoms with Crippen molar-refractivity contribution < 1.29 is 13.2 Å². The second-order valence-electron chi connectivity index (χ2n) is 6.78. The van der Waals surface area contributed by atoms with Crippen molar-refractivity contribution in [3.8, 4) is 0 Å². The first kappa shape index (κ1) is 17.4. The van der Waals surface area contributed by atoms with Gasteiger partial charge in [0.1, 0.15) is 0 Å². The average Bonchev–Trinajstić information content (AvgIpc) is 2.68. The predicted molar refractivity (Wildman–Crippen MR) is 79.5 cm³/mol. The summed E-state index contributed by atoms with van der Waals surface area (Å²) in [6, 6.07) is -0.651. The Labute approximate surface area is 121 Å². The van der Waals surface area contributed by atoms with Gasteiger partial charge in [0.15, 0.2) is 0 Å². The molecule has 118 valence electrons. The molecule has 0 aliphatic heterocycles. The molecular formula is C13H27N3O3S. The maximum absolute atomic E-state index is 12.0. The molecule has 0 heterocycles. The number of hydrogen-bond donors (Lipinski definition) is 3. The smallest absolute Gasteiger partial charge is 0.237 e. The normalized spacial score (nSPS) is 25.4. The van der Waals surface area contributed by atoms with Crippen molar-refractivity contribution >= 4 is 15.9 Å². The Morgan fingerprint density at radius 3 is 2.45 bits per heavy atom. The number of sulfonamides is 1. The van der Waals surface area contributed by atoms with Gasteiger partial charge in [0.2, 0.25) is 15.9 Å². The van der Waals surface area contributed by atoms with Gasteiger partial charge in [-0.1, -0.05) is 27.2 Å². The largest absolute Gasteiger partial charge is 0.354 e. The molecule has 20 heavy (non-hydrogen) atoms. The third-order valence-electron chi connectivity index (χ3n) is 3.78. The van der Waals surface area contributed by atoms with Gasteiger partial charge in [-0.3, -0.25) is 4.79 Å². The molecule has 1 rings (SSSR count). The number of hydrogen-bond acceptors (Lipinski definition) is 4.